The molecule has 0 spiro atoms. The van der Waals surface area contributed by atoms with Crippen molar-refractivity contribution in [2.45, 2.75) is 33.4 Å². The fourth-order valence-corrected chi connectivity index (χ4v) is 1.95. The molecular formula is C14H16F2N2O. The lowest BCUT2D eigenvalue weighted by atomic mass is 10.1. The summed E-state index contributed by atoms with van der Waals surface area (Å²) in [5.41, 5.74) is 3.26. The van der Waals surface area contributed by atoms with Crippen molar-refractivity contribution in [3.63, 3.8) is 0 Å². The summed E-state index contributed by atoms with van der Waals surface area (Å²) in [4.78, 5) is 0. The molecule has 0 aliphatic carbocycles. The van der Waals surface area contributed by atoms with Crippen LogP contribution < -0.4 is 0 Å². The molecule has 2 rings (SSSR count). The first kappa shape index (κ1) is 13.7. The zero-order valence-corrected chi connectivity index (χ0v) is 11.1. The van der Waals surface area contributed by atoms with E-state index in [9.17, 15) is 13.9 Å². The lowest BCUT2D eigenvalue weighted by Gasteiger charge is -2.13. The van der Waals surface area contributed by atoms with Crippen LogP contribution in [-0.2, 0) is 6.54 Å². The number of aliphatic hydroxyl groups excluding tert-OH is 1. The molecule has 1 heterocycles. The summed E-state index contributed by atoms with van der Waals surface area (Å²) in [6, 6.07) is 3.40. The van der Waals surface area contributed by atoms with Crippen molar-refractivity contribution >= 4 is 0 Å². The van der Waals surface area contributed by atoms with E-state index in [0.717, 1.165) is 29.1 Å². The van der Waals surface area contributed by atoms with Gasteiger partial charge < -0.3 is 5.11 Å². The number of hydrogen-bond donors (Lipinski definition) is 1. The van der Waals surface area contributed by atoms with Gasteiger partial charge in [0, 0.05) is 5.69 Å². The Bertz CT molecular complexity index is 608. The van der Waals surface area contributed by atoms with E-state index in [-0.39, 0.29) is 6.54 Å². The van der Waals surface area contributed by atoms with Gasteiger partial charge in [0.2, 0.25) is 0 Å². The van der Waals surface area contributed by atoms with E-state index in [1.165, 1.54) is 6.07 Å². The molecule has 2 aromatic rings. The number of aliphatic hydroxyl groups is 1. The van der Waals surface area contributed by atoms with E-state index >= 15 is 0 Å². The zero-order valence-electron chi connectivity index (χ0n) is 11.1. The van der Waals surface area contributed by atoms with Crippen LogP contribution in [0.1, 0.15) is 28.6 Å². The lowest BCUT2D eigenvalue weighted by Crippen LogP contribution is -2.12. The third-order valence-electron chi connectivity index (χ3n) is 3.42. The number of nitrogens with zero attached hydrogens (tertiary/aromatic N) is 2. The Labute approximate surface area is 110 Å². The van der Waals surface area contributed by atoms with Gasteiger partial charge in [-0.1, -0.05) is 6.07 Å². The van der Waals surface area contributed by atoms with Gasteiger partial charge in [-0.3, -0.25) is 4.68 Å². The molecule has 0 saturated carbocycles. The van der Waals surface area contributed by atoms with Gasteiger partial charge in [0.15, 0.2) is 11.6 Å². The summed E-state index contributed by atoms with van der Waals surface area (Å²) in [5.74, 6) is -1.88. The highest BCUT2D eigenvalue weighted by molar-refractivity contribution is 5.23. The number of hydrogen-bond acceptors (Lipinski definition) is 2. The van der Waals surface area contributed by atoms with E-state index in [2.05, 4.69) is 5.10 Å². The minimum absolute atomic E-state index is 0.214. The molecule has 0 bridgehead atoms. The van der Waals surface area contributed by atoms with Crippen molar-refractivity contribution in [3.8, 4) is 0 Å². The van der Waals surface area contributed by atoms with Crippen LogP contribution in [0.25, 0.3) is 0 Å². The second kappa shape index (κ2) is 5.09. The second-order valence-corrected chi connectivity index (χ2v) is 4.67. The molecule has 0 radical (unpaired) electrons. The lowest BCUT2D eigenvalue weighted by molar-refractivity contribution is 0.150. The topological polar surface area (TPSA) is 38.0 Å². The molecule has 0 saturated heterocycles. The maximum atomic E-state index is 13.1. The SMILES string of the molecule is Cc1nn(CC(O)c2ccc(F)c(F)c2)c(C)c1C. The maximum Gasteiger partial charge on any atom is 0.159 e. The molecule has 1 N–H and O–H groups in total. The smallest absolute Gasteiger partial charge is 0.159 e. The van der Waals surface area contributed by atoms with Crippen molar-refractivity contribution in [3.05, 3.63) is 52.3 Å². The minimum atomic E-state index is -0.957. The number of aryl methyl sites for hydroxylation is 1. The quantitative estimate of drug-likeness (QED) is 0.927. The standard InChI is InChI=1S/C14H16F2N2O/c1-8-9(2)17-18(10(8)3)7-14(19)11-4-5-12(15)13(16)6-11/h4-6,14,19H,7H2,1-3H3. The second-order valence-electron chi connectivity index (χ2n) is 4.67. The van der Waals surface area contributed by atoms with Crippen LogP contribution in [0, 0.1) is 32.4 Å². The molecule has 0 amide bonds. The first-order chi connectivity index (χ1) is 8.90. The molecule has 1 unspecified atom stereocenters. The number of rotatable bonds is 3. The van der Waals surface area contributed by atoms with E-state index in [4.69, 9.17) is 0 Å². The Balaban J connectivity index is 2.22. The van der Waals surface area contributed by atoms with Gasteiger partial charge in [-0.15, -0.1) is 0 Å². The van der Waals surface area contributed by atoms with Crippen LogP contribution in [0.15, 0.2) is 18.2 Å². The Morgan fingerprint density at radius 3 is 2.42 bits per heavy atom. The van der Waals surface area contributed by atoms with Gasteiger partial charge >= 0.3 is 0 Å². The molecule has 0 aliphatic rings. The third kappa shape index (κ3) is 2.66. The average Bonchev–Trinajstić information content (AvgIpc) is 2.60. The largest absolute Gasteiger partial charge is 0.386 e. The van der Waals surface area contributed by atoms with Gasteiger partial charge in [0.05, 0.1) is 18.3 Å². The Kier molecular flexibility index (Phi) is 3.66. The Hall–Kier alpha value is -1.75. The van der Waals surface area contributed by atoms with Crippen molar-refractivity contribution in [1.29, 1.82) is 0 Å². The Morgan fingerprint density at radius 2 is 1.89 bits per heavy atom. The first-order valence-electron chi connectivity index (χ1n) is 6.03. The number of halogens is 2. The molecular weight excluding hydrogens is 250 g/mol. The molecule has 19 heavy (non-hydrogen) atoms. The van der Waals surface area contributed by atoms with Crippen molar-refractivity contribution in [1.82, 2.24) is 9.78 Å². The van der Waals surface area contributed by atoms with E-state index in [0.29, 0.717) is 5.56 Å². The molecule has 3 nitrogen and oxygen atoms in total. The van der Waals surface area contributed by atoms with E-state index in [1.807, 2.05) is 20.8 Å². The summed E-state index contributed by atoms with van der Waals surface area (Å²) in [5, 5.41) is 14.4. The summed E-state index contributed by atoms with van der Waals surface area (Å²) in [6.07, 6.45) is -0.924. The monoisotopic (exact) mass is 266 g/mol. The predicted molar refractivity (Wildman–Crippen MR) is 67.8 cm³/mol. The fraction of sp³-hybridized carbons (Fsp3) is 0.357. The molecule has 5 heteroatoms. The first-order valence-corrected chi connectivity index (χ1v) is 6.03. The van der Waals surface area contributed by atoms with E-state index in [1.54, 1.807) is 4.68 Å². The van der Waals surface area contributed by atoms with Gasteiger partial charge in [0.25, 0.3) is 0 Å². The number of benzene rings is 1. The third-order valence-corrected chi connectivity index (χ3v) is 3.42. The fourth-order valence-electron chi connectivity index (χ4n) is 1.95. The van der Waals surface area contributed by atoms with Gasteiger partial charge in [0.1, 0.15) is 0 Å². The Morgan fingerprint density at radius 1 is 1.21 bits per heavy atom. The number of aromatic nitrogens is 2. The predicted octanol–water partition coefficient (Wildman–Crippen LogP) is 2.82. The van der Waals surface area contributed by atoms with Crippen LogP contribution in [0.3, 0.4) is 0 Å². The van der Waals surface area contributed by atoms with Crippen molar-refractivity contribution in [2.24, 2.45) is 0 Å². The van der Waals surface area contributed by atoms with E-state index < -0.39 is 17.7 Å². The van der Waals surface area contributed by atoms with Crippen LogP contribution in [0.2, 0.25) is 0 Å². The average molecular weight is 266 g/mol. The molecule has 1 aromatic heterocycles. The van der Waals surface area contributed by atoms with Crippen LogP contribution in [0.5, 0.6) is 0 Å². The molecule has 0 aliphatic heterocycles. The van der Waals surface area contributed by atoms with Gasteiger partial charge in [-0.2, -0.15) is 5.10 Å². The summed E-state index contributed by atoms with van der Waals surface area (Å²) in [7, 11) is 0. The van der Waals surface area contributed by atoms with Crippen LogP contribution >= 0.6 is 0 Å². The summed E-state index contributed by atoms with van der Waals surface area (Å²) < 4.78 is 27.6. The molecule has 0 fully saturated rings. The van der Waals surface area contributed by atoms with Gasteiger partial charge in [-0.25, -0.2) is 8.78 Å². The van der Waals surface area contributed by atoms with Crippen molar-refractivity contribution in [2.75, 3.05) is 0 Å². The molecule has 102 valence electrons. The van der Waals surface area contributed by atoms with Crippen molar-refractivity contribution < 1.29 is 13.9 Å². The molecule has 1 atom stereocenters. The van der Waals surface area contributed by atoms with Gasteiger partial charge in [-0.05, 0) is 44.0 Å². The maximum absolute atomic E-state index is 13.1. The van der Waals surface area contributed by atoms with Crippen LogP contribution in [-0.4, -0.2) is 14.9 Å². The zero-order chi connectivity index (χ0) is 14.2. The van der Waals surface area contributed by atoms with Crippen LogP contribution in [0.4, 0.5) is 8.78 Å². The minimum Gasteiger partial charge on any atom is -0.386 e. The highest BCUT2D eigenvalue weighted by Crippen LogP contribution is 2.20. The highest BCUT2D eigenvalue weighted by Gasteiger charge is 2.14. The summed E-state index contributed by atoms with van der Waals surface area (Å²) >= 11 is 0. The molecule has 1 aromatic carbocycles. The highest BCUT2D eigenvalue weighted by atomic mass is 19.2. The normalized spacial score (nSPS) is 12.7. The summed E-state index contributed by atoms with van der Waals surface area (Å²) in [6.45, 7) is 5.97.